The van der Waals surface area contributed by atoms with Crippen molar-refractivity contribution in [3.05, 3.63) is 80.8 Å². The maximum Gasteiger partial charge on any atom is 0.268 e. The summed E-state index contributed by atoms with van der Waals surface area (Å²) in [6.45, 7) is 4.74. The van der Waals surface area contributed by atoms with Crippen LogP contribution in [0.15, 0.2) is 54.2 Å². The van der Waals surface area contributed by atoms with E-state index in [1.807, 2.05) is 55.5 Å². The second-order valence-corrected chi connectivity index (χ2v) is 8.81. The Morgan fingerprint density at radius 1 is 1.28 bits per heavy atom. The Kier molecular flexibility index (Phi) is 8.43. The molecule has 0 saturated carbocycles. The van der Waals surface area contributed by atoms with E-state index in [1.165, 1.54) is 11.3 Å². The number of amides is 1. The number of carbonyl (C=O) groups excluding carboxylic acids is 1. The lowest BCUT2D eigenvalue weighted by molar-refractivity contribution is -0.112. The first kappa shape index (κ1) is 23.5. The maximum atomic E-state index is 12.6. The van der Waals surface area contributed by atoms with Crippen LogP contribution in [0.2, 0.25) is 5.02 Å². The molecule has 3 rings (SSSR count). The largest absolute Gasteiger partial charge is 0.494 e. The van der Waals surface area contributed by atoms with Crippen molar-refractivity contribution in [1.82, 2.24) is 4.98 Å². The van der Waals surface area contributed by atoms with Crippen LogP contribution in [0.5, 0.6) is 5.75 Å². The summed E-state index contributed by atoms with van der Waals surface area (Å²) < 4.78 is 5.64. The summed E-state index contributed by atoms with van der Waals surface area (Å²) in [5, 5.41) is 13.3. The molecule has 0 saturated heterocycles. The van der Waals surface area contributed by atoms with E-state index in [-0.39, 0.29) is 5.57 Å². The normalized spacial score (nSPS) is 11.1. The van der Waals surface area contributed by atoms with Crippen molar-refractivity contribution >= 4 is 40.1 Å². The number of aryl methyl sites for hydroxylation is 1. The molecule has 1 N–H and O–H groups in total. The second-order valence-electron chi connectivity index (χ2n) is 7.29. The Labute approximate surface area is 197 Å². The highest BCUT2D eigenvalue weighted by Gasteiger charge is 2.12. The SMILES string of the molecule is CCCCOc1ccc(/C=C(\C#N)C(=O)Nc2ncc(Cc3ccc(C)c(Cl)c3)s2)cc1. The Bertz CT molecular complexity index is 1150. The van der Waals surface area contributed by atoms with Gasteiger partial charge in [0, 0.05) is 22.5 Å². The second kappa shape index (κ2) is 11.5. The van der Waals surface area contributed by atoms with Gasteiger partial charge in [-0.3, -0.25) is 10.1 Å². The molecule has 2 aromatic carbocycles. The number of carbonyl (C=O) groups is 1. The van der Waals surface area contributed by atoms with Crippen LogP contribution in [0.4, 0.5) is 5.13 Å². The molecule has 1 amide bonds. The molecule has 7 heteroatoms. The van der Waals surface area contributed by atoms with Gasteiger partial charge in [-0.15, -0.1) is 11.3 Å². The predicted molar refractivity (Wildman–Crippen MR) is 130 cm³/mol. The van der Waals surface area contributed by atoms with Gasteiger partial charge in [-0.05, 0) is 54.3 Å². The molecule has 0 aliphatic carbocycles. The molecule has 0 aliphatic heterocycles. The zero-order valence-electron chi connectivity index (χ0n) is 18.0. The van der Waals surface area contributed by atoms with Crippen LogP contribution in [0.3, 0.4) is 0 Å². The zero-order valence-corrected chi connectivity index (χ0v) is 19.6. The minimum Gasteiger partial charge on any atom is -0.494 e. The zero-order chi connectivity index (χ0) is 22.9. The minimum absolute atomic E-state index is 0.00622. The number of ether oxygens (including phenoxy) is 1. The number of rotatable bonds is 9. The molecule has 0 unspecified atom stereocenters. The van der Waals surface area contributed by atoms with E-state index in [0.29, 0.717) is 18.2 Å². The highest BCUT2D eigenvalue weighted by atomic mass is 35.5. The Morgan fingerprint density at radius 2 is 2.06 bits per heavy atom. The van der Waals surface area contributed by atoms with Gasteiger partial charge >= 0.3 is 0 Å². The fraction of sp³-hybridized carbons (Fsp3) is 0.240. The summed E-state index contributed by atoms with van der Waals surface area (Å²) in [4.78, 5) is 17.8. The molecule has 0 fully saturated rings. The van der Waals surface area contributed by atoms with Crippen molar-refractivity contribution in [2.75, 3.05) is 11.9 Å². The van der Waals surface area contributed by atoms with Gasteiger partial charge in [-0.2, -0.15) is 5.26 Å². The Morgan fingerprint density at radius 3 is 2.75 bits per heavy atom. The molecule has 3 aromatic rings. The van der Waals surface area contributed by atoms with E-state index in [4.69, 9.17) is 16.3 Å². The quantitative estimate of drug-likeness (QED) is 0.225. The Balaban J connectivity index is 1.62. The molecule has 1 aromatic heterocycles. The third-order valence-corrected chi connectivity index (χ3v) is 6.03. The summed E-state index contributed by atoms with van der Waals surface area (Å²) in [6.07, 6.45) is 6.01. The van der Waals surface area contributed by atoms with Crippen LogP contribution in [0.25, 0.3) is 6.08 Å². The molecule has 5 nitrogen and oxygen atoms in total. The van der Waals surface area contributed by atoms with Crippen LogP contribution in [-0.2, 0) is 11.2 Å². The van der Waals surface area contributed by atoms with E-state index >= 15 is 0 Å². The predicted octanol–water partition coefficient (Wildman–Crippen LogP) is 6.42. The van der Waals surface area contributed by atoms with Gasteiger partial charge in [-0.1, -0.05) is 49.2 Å². The van der Waals surface area contributed by atoms with Crippen molar-refractivity contribution in [3.8, 4) is 11.8 Å². The highest BCUT2D eigenvalue weighted by Crippen LogP contribution is 2.24. The monoisotopic (exact) mass is 465 g/mol. The number of nitriles is 1. The van der Waals surface area contributed by atoms with Gasteiger partial charge in [0.2, 0.25) is 0 Å². The van der Waals surface area contributed by atoms with Crippen LogP contribution in [0.1, 0.15) is 41.3 Å². The average Bonchev–Trinajstić information content (AvgIpc) is 3.22. The topological polar surface area (TPSA) is 75.0 Å². The first-order valence-electron chi connectivity index (χ1n) is 10.3. The van der Waals surface area contributed by atoms with Crippen molar-refractivity contribution in [2.45, 2.75) is 33.1 Å². The number of thiazole rings is 1. The molecular formula is C25H24ClN3O2S. The van der Waals surface area contributed by atoms with E-state index < -0.39 is 5.91 Å². The lowest BCUT2D eigenvalue weighted by atomic mass is 10.1. The molecule has 164 valence electrons. The number of unbranched alkanes of at least 4 members (excludes halogenated alkanes) is 1. The smallest absolute Gasteiger partial charge is 0.268 e. The van der Waals surface area contributed by atoms with E-state index in [9.17, 15) is 10.1 Å². The van der Waals surface area contributed by atoms with Gasteiger partial charge < -0.3 is 4.74 Å². The Hall–Kier alpha value is -3.14. The highest BCUT2D eigenvalue weighted by molar-refractivity contribution is 7.15. The van der Waals surface area contributed by atoms with Crippen molar-refractivity contribution < 1.29 is 9.53 Å². The maximum absolute atomic E-state index is 12.6. The summed E-state index contributed by atoms with van der Waals surface area (Å²) in [7, 11) is 0. The van der Waals surface area contributed by atoms with E-state index in [0.717, 1.165) is 45.2 Å². The third-order valence-electron chi connectivity index (χ3n) is 4.71. The molecule has 0 radical (unpaired) electrons. The van der Waals surface area contributed by atoms with Gasteiger partial charge in [0.15, 0.2) is 5.13 Å². The average molecular weight is 466 g/mol. The van der Waals surface area contributed by atoms with Gasteiger partial charge in [0.05, 0.1) is 6.61 Å². The van der Waals surface area contributed by atoms with Gasteiger partial charge in [0.25, 0.3) is 5.91 Å². The van der Waals surface area contributed by atoms with Crippen molar-refractivity contribution in [3.63, 3.8) is 0 Å². The molecule has 0 bridgehead atoms. The fourth-order valence-electron chi connectivity index (χ4n) is 2.87. The lowest BCUT2D eigenvalue weighted by Crippen LogP contribution is -2.13. The molecule has 0 spiro atoms. The summed E-state index contributed by atoms with van der Waals surface area (Å²) in [5.41, 5.74) is 2.85. The fourth-order valence-corrected chi connectivity index (χ4v) is 3.91. The number of nitrogens with one attached hydrogen (secondary N) is 1. The van der Waals surface area contributed by atoms with Crippen LogP contribution < -0.4 is 10.1 Å². The standard InChI is InChI=1S/C25H24ClN3O2S/c1-3-4-11-31-21-9-7-18(8-10-21)12-20(15-27)24(30)29-25-28-16-22(32-25)13-19-6-5-17(2)23(26)14-19/h5-10,12,14,16H,3-4,11,13H2,1-2H3,(H,28,29,30)/b20-12+. The summed E-state index contributed by atoms with van der Waals surface area (Å²) in [5.74, 6) is 0.277. The molecule has 32 heavy (non-hydrogen) atoms. The molecule has 0 aliphatic rings. The van der Waals surface area contributed by atoms with Crippen molar-refractivity contribution in [2.24, 2.45) is 0 Å². The number of hydrogen-bond acceptors (Lipinski definition) is 5. The van der Waals surface area contributed by atoms with Crippen molar-refractivity contribution in [1.29, 1.82) is 5.26 Å². The first-order valence-corrected chi connectivity index (χ1v) is 11.5. The number of nitrogens with zero attached hydrogens (tertiary/aromatic N) is 2. The molecule has 1 heterocycles. The van der Waals surface area contributed by atoms with Crippen LogP contribution in [-0.4, -0.2) is 17.5 Å². The van der Waals surface area contributed by atoms with Gasteiger partial charge in [-0.25, -0.2) is 4.98 Å². The van der Waals surface area contributed by atoms with Gasteiger partial charge in [0.1, 0.15) is 17.4 Å². The number of halogens is 1. The van der Waals surface area contributed by atoms with Crippen LogP contribution in [0, 0.1) is 18.3 Å². The summed E-state index contributed by atoms with van der Waals surface area (Å²) in [6, 6.07) is 15.2. The number of aromatic nitrogens is 1. The third kappa shape index (κ3) is 6.68. The van der Waals surface area contributed by atoms with E-state index in [2.05, 4.69) is 17.2 Å². The lowest BCUT2D eigenvalue weighted by Gasteiger charge is -2.05. The van der Waals surface area contributed by atoms with E-state index in [1.54, 1.807) is 12.3 Å². The molecular weight excluding hydrogens is 442 g/mol. The number of benzene rings is 2. The number of hydrogen-bond donors (Lipinski definition) is 1. The number of anilines is 1. The van der Waals surface area contributed by atoms with Crippen LogP contribution >= 0.6 is 22.9 Å². The minimum atomic E-state index is -0.491. The summed E-state index contributed by atoms with van der Waals surface area (Å²) >= 11 is 7.57. The molecule has 0 atom stereocenters. The first-order chi connectivity index (χ1) is 15.5.